The molecule has 2 aromatic heterocycles. The molecule has 182 valence electrons. The van der Waals surface area contributed by atoms with E-state index in [1.165, 1.54) is 18.2 Å². The maximum Gasteiger partial charge on any atom is 0.250 e. The minimum atomic E-state index is -0.827. The molecule has 9 nitrogen and oxygen atoms in total. The first-order chi connectivity index (χ1) is 16.8. The van der Waals surface area contributed by atoms with Crippen molar-refractivity contribution in [3.63, 3.8) is 0 Å². The number of carbonyl (C=O) groups excluding carboxylic acids is 1. The molecule has 0 unspecified atom stereocenters. The Labute approximate surface area is 201 Å². The second kappa shape index (κ2) is 9.07. The third kappa shape index (κ3) is 4.59. The van der Waals surface area contributed by atoms with Gasteiger partial charge in [0.25, 0.3) is 5.56 Å². The van der Waals surface area contributed by atoms with E-state index in [1.54, 1.807) is 24.3 Å². The fourth-order valence-electron chi connectivity index (χ4n) is 5.52. The predicted molar refractivity (Wildman–Crippen MR) is 127 cm³/mol. The topological polar surface area (TPSA) is 139 Å². The van der Waals surface area contributed by atoms with Gasteiger partial charge in [0.15, 0.2) is 5.76 Å². The number of hydrogen-bond donors (Lipinski definition) is 3. The van der Waals surface area contributed by atoms with Crippen LogP contribution in [0.15, 0.2) is 62.5 Å². The summed E-state index contributed by atoms with van der Waals surface area (Å²) in [6, 6.07) is 12.8. The summed E-state index contributed by atoms with van der Waals surface area (Å²) in [5.41, 5.74) is 6.38. The fourth-order valence-corrected chi connectivity index (χ4v) is 5.52. The summed E-state index contributed by atoms with van der Waals surface area (Å²) in [6.45, 7) is 2.45. The van der Waals surface area contributed by atoms with Crippen LogP contribution in [0.2, 0.25) is 0 Å². The van der Waals surface area contributed by atoms with Gasteiger partial charge in [-0.05, 0) is 36.1 Å². The molecule has 3 atom stereocenters. The Morgan fingerprint density at radius 1 is 1.09 bits per heavy atom. The molecular weight excluding hydrogens is 450 g/mol. The molecule has 1 aromatic carbocycles. The molecule has 2 aliphatic heterocycles. The van der Waals surface area contributed by atoms with Gasteiger partial charge in [0.05, 0.1) is 12.5 Å². The lowest BCUT2D eigenvalue weighted by atomic mass is 9.83. The lowest BCUT2D eigenvalue weighted by molar-refractivity contribution is -0.118. The second-order valence-corrected chi connectivity index (χ2v) is 9.50. The number of likely N-dealkylation sites (tertiary alicyclic amines) is 1. The van der Waals surface area contributed by atoms with Gasteiger partial charge in [-0.2, -0.15) is 0 Å². The normalized spacial score (nSPS) is 20.2. The number of piperidine rings is 1. The number of aromatic hydroxyl groups is 2. The Hall–Kier alpha value is -3.85. The number of phenols is 1. The number of phenolic OH excluding ortho intramolecular Hbond substituents is 1. The summed E-state index contributed by atoms with van der Waals surface area (Å²) in [4.78, 5) is 38.9. The highest BCUT2D eigenvalue weighted by Gasteiger charge is 2.35. The molecule has 0 aliphatic carbocycles. The van der Waals surface area contributed by atoms with Crippen LogP contribution in [0, 0.1) is 5.92 Å². The number of benzene rings is 1. The van der Waals surface area contributed by atoms with Gasteiger partial charge < -0.3 is 24.9 Å². The molecule has 2 aliphatic rings. The SMILES string of the molecule is NC(=O)C[C@@H](c1cccc(O)c1)c1oc(CN2C[C@H]3C[C@@H](C2)c2cccc(=O)n2C3)cc(=O)c1O. The molecule has 4 heterocycles. The number of nitrogens with two attached hydrogens (primary N) is 1. The average Bonchev–Trinajstić information content (AvgIpc) is 2.80. The first kappa shape index (κ1) is 22.9. The van der Waals surface area contributed by atoms with E-state index >= 15 is 0 Å². The summed E-state index contributed by atoms with van der Waals surface area (Å²) in [7, 11) is 0. The molecule has 0 saturated carbocycles. The van der Waals surface area contributed by atoms with Crippen LogP contribution in [-0.4, -0.2) is 38.7 Å². The third-order valence-corrected chi connectivity index (χ3v) is 6.93. The Balaban J connectivity index is 1.45. The van der Waals surface area contributed by atoms with Crippen molar-refractivity contribution in [3.8, 4) is 11.5 Å². The molecule has 2 bridgehead atoms. The van der Waals surface area contributed by atoms with Crippen LogP contribution in [0.1, 0.15) is 47.5 Å². The van der Waals surface area contributed by atoms with Crippen LogP contribution in [0.3, 0.4) is 0 Å². The molecule has 35 heavy (non-hydrogen) atoms. The van der Waals surface area contributed by atoms with E-state index in [-0.39, 0.29) is 29.4 Å². The van der Waals surface area contributed by atoms with Crippen LogP contribution in [0.5, 0.6) is 11.5 Å². The zero-order valence-electron chi connectivity index (χ0n) is 19.1. The number of hydrogen-bond acceptors (Lipinski definition) is 7. The van der Waals surface area contributed by atoms with E-state index in [1.807, 2.05) is 10.6 Å². The van der Waals surface area contributed by atoms with Gasteiger partial charge >= 0.3 is 0 Å². The maximum atomic E-state index is 12.7. The van der Waals surface area contributed by atoms with Crippen molar-refractivity contribution in [2.75, 3.05) is 13.1 Å². The molecule has 1 saturated heterocycles. The molecule has 4 N–H and O–H groups in total. The van der Waals surface area contributed by atoms with Crippen molar-refractivity contribution in [2.45, 2.75) is 37.8 Å². The third-order valence-electron chi connectivity index (χ3n) is 6.93. The van der Waals surface area contributed by atoms with Crippen LogP contribution in [-0.2, 0) is 17.9 Å². The molecule has 0 radical (unpaired) electrons. The van der Waals surface area contributed by atoms with Crippen molar-refractivity contribution in [2.24, 2.45) is 11.7 Å². The summed E-state index contributed by atoms with van der Waals surface area (Å²) < 4.78 is 7.88. The molecular formula is C26H27N3O6. The van der Waals surface area contributed by atoms with E-state index in [2.05, 4.69) is 4.90 Å². The van der Waals surface area contributed by atoms with E-state index in [0.717, 1.165) is 18.7 Å². The Kier molecular flexibility index (Phi) is 5.94. The highest BCUT2D eigenvalue weighted by Crippen LogP contribution is 2.37. The Morgan fingerprint density at radius 2 is 1.89 bits per heavy atom. The predicted octanol–water partition coefficient (Wildman–Crippen LogP) is 1.84. The van der Waals surface area contributed by atoms with Crippen molar-refractivity contribution >= 4 is 5.91 Å². The van der Waals surface area contributed by atoms with Gasteiger partial charge in [0.2, 0.25) is 17.1 Å². The molecule has 9 heteroatoms. The number of amides is 1. The summed E-state index contributed by atoms with van der Waals surface area (Å²) >= 11 is 0. The van der Waals surface area contributed by atoms with E-state index in [4.69, 9.17) is 10.2 Å². The van der Waals surface area contributed by atoms with Crippen molar-refractivity contribution in [1.29, 1.82) is 0 Å². The van der Waals surface area contributed by atoms with Crippen LogP contribution in [0.4, 0.5) is 0 Å². The minimum absolute atomic E-state index is 0.0193. The highest BCUT2D eigenvalue weighted by atomic mass is 16.4. The lowest BCUT2D eigenvalue weighted by Gasteiger charge is -2.42. The molecule has 3 aromatic rings. The quantitative estimate of drug-likeness (QED) is 0.492. The number of carbonyl (C=O) groups is 1. The van der Waals surface area contributed by atoms with Gasteiger partial charge in [-0.15, -0.1) is 0 Å². The van der Waals surface area contributed by atoms with E-state index in [9.17, 15) is 24.6 Å². The maximum absolute atomic E-state index is 12.7. The Morgan fingerprint density at radius 3 is 2.66 bits per heavy atom. The van der Waals surface area contributed by atoms with E-state index < -0.39 is 23.0 Å². The van der Waals surface area contributed by atoms with Crippen LogP contribution < -0.4 is 16.7 Å². The number of aromatic nitrogens is 1. The second-order valence-electron chi connectivity index (χ2n) is 9.50. The summed E-state index contributed by atoms with van der Waals surface area (Å²) in [6.07, 6.45) is 0.797. The van der Waals surface area contributed by atoms with Gasteiger partial charge in [-0.1, -0.05) is 18.2 Å². The smallest absolute Gasteiger partial charge is 0.250 e. The minimum Gasteiger partial charge on any atom is -0.508 e. The zero-order chi connectivity index (χ0) is 24.7. The summed E-state index contributed by atoms with van der Waals surface area (Å²) in [5.74, 6) is -1.24. The number of fused-ring (bicyclic) bond motifs is 4. The standard InChI is InChI=1S/C26H27N3O6/c27-23(32)10-20(16-3-1-4-18(30)8-16)26-25(34)22(31)9-19(35-26)14-28-11-15-7-17(13-28)21-5-2-6-24(33)29(21)12-15/h1-6,8-9,15,17,20,30,34H,7,10-14H2,(H2,27,32)/t15-,17+,20+/m1/s1. The monoisotopic (exact) mass is 477 g/mol. The van der Waals surface area contributed by atoms with Gasteiger partial charge in [-0.25, -0.2) is 0 Å². The molecule has 1 amide bonds. The highest BCUT2D eigenvalue weighted by molar-refractivity contribution is 5.75. The first-order valence-electron chi connectivity index (χ1n) is 11.6. The van der Waals surface area contributed by atoms with Crippen LogP contribution in [0.25, 0.3) is 0 Å². The van der Waals surface area contributed by atoms with E-state index in [0.29, 0.717) is 36.9 Å². The fraction of sp³-hybridized carbons (Fsp3) is 0.346. The van der Waals surface area contributed by atoms with Crippen molar-refractivity contribution < 1.29 is 19.4 Å². The largest absolute Gasteiger partial charge is 0.508 e. The van der Waals surface area contributed by atoms with Crippen LogP contribution >= 0.6 is 0 Å². The van der Waals surface area contributed by atoms with Gasteiger partial charge in [0.1, 0.15) is 11.5 Å². The number of pyridine rings is 1. The Bertz CT molecular complexity index is 1390. The van der Waals surface area contributed by atoms with Crippen molar-refractivity contribution in [1.82, 2.24) is 9.47 Å². The lowest BCUT2D eigenvalue weighted by Crippen LogP contribution is -2.46. The van der Waals surface area contributed by atoms with Gasteiger partial charge in [0, 0.05) is 49.8 Å². The van der Waals surface area contributed by atoms with Gasteiger partial charge in [-0.3, -0.25) is 19.3 Å². The number of primary amides is 1. The first-order valence-corrected chi connectivity index (χ1v) is 11.6. The molecule has 0 spiro atoms. The number of nitrogens with zero attached hydrogens (tertiary/aromatic N) is 2. The summed E-state index contributed by atoms with van der Waals surface area (Å²) in [5, 5.41) is 20.4. The molecule has 1 fully saturated rings. The zero-order valence-corrected chi connectivity index (χ0v) is 19.1. The number of rotatable bonds is 6. The van der Waals surface area contributed by atoms with Crippen molar-refractivity contribution in [3.05, 3.63) is 91.9 Å². The average molecular weight is 478 g/mol. The molecule has 5 rings (SSSR count).